The Balaban J connectivity index is 2.89. The summed E-state index contributed by atoms with van der Waals surface area (Å²) in [6.07, 6.45) is 4.86. The van der Waals surface area contributed by atoms with Gasteiger partial charge in [-0.3, -0.25) is 4.98 Å². The van der Waals surface area contributed by atoms with Crippen LogP contribution in [-0.2, 0) is 0 Å². The van der Waals surface area contributed by atoms with E-state index in [4.69, 9.17) is 10.5 Å². The van der Waals surface area contributed by atoms with Crippen LogP contribution in [0.4, 0.5) is 0 Å². The normalized spacial score (nSPS) is 8.70. The van der Waals surface area contributed by atoms with Crippen LogP contribution >= 0.6 is 0 Å². The van der Waals surface area contributed by atoms with Crippen LogP contribution in [0.3, 0.4) is 0 Å². The molecular formula is C6H5N4+. The van der Waals surface area contributed by atoms with Gasteiger partial charge >= 0.3 is 0 Å². The minimum atomic E-state index is -0.716. The standard InChI is InChI=1S/C6H4N4/c7-3-6(4-8)10-2-1-9-5-10/h1-2,5-6H/p+1. The number of H-pyrrole nitrogens is 1. The Kier molecular flexibility index (Phi) is 1.67. The molecule has 0 aliphatic heterocycles. The highest BCUT2D eigenvalue weighted by atomic mass is 15.0. The smallest absolute Gasteiger partial charge is 0.250 e. The first-order valence-corrected chi connectivity index (χ1v) is 2.71. The number of hydrogen-bond donors (Lipinski definition) is 1. The van der Waals surface area contributed by atoms with E-state index < -0.39 is 6.04 Å². The highest BCUT2D eigenvalue weighted by Crippen LogP contribution is 1.87. The third-order valence-corrected chi connectivity index (χ3v) is 1.11. The number of rotatable bonds is 1. The molecule has 1 rings (SSSR count). The Morgan fingerprint density at radius 2 is 2.10 bits per heavy atom. The van der Waals surface area contributed by atoms with Crippen molar-refractivity contribution in [3.8, 4) is 12.1 Å². The molecule has 0 fully saturated rings. The lowest BCUT2D eigenvalue weighted by molar-refractivity contribution is -0.696. The summed E-state index contributed by atoms with van der Waals surface area (Å²) in [5.74, 6) is 0. The molecule has 0 saturated carbocycles. The third kappa shape index (κ3) is 0.958. The van der Waals surface area contributed by atoms with E-state index in [1.54, 1.807) is 18.7 Å². The topological polar surface area (TPSA) is 67.2 Å². The highest BCUT2D eigenvalue weighted by molar-refractivity contribution is 4.95. The number of aromatic nitrogens is 2. The van der Waals surface area contributed by atoms with Crippen molar-refractivity contribution >= 4 is 0 Å². The van der Waals surface area contributed by atoms with Crippen LogP contribution in [0.2, 0.25) is 0 Å². The molecule has 0 atom stereocenters. The van der Waals surface area contributed by atoms with Gasteiger partial charge in [-0.1, -0.05) is 0 Å². The first kappa shape index (κ1) is 6.31. The van der Waals surface area contributed by atoms with Crippen molar-refractivity contribution in [1.82, 2.24) is 4.98 Å². The van der Waals surface area contributed by atoms with Crippen LogP contribution in [0.5, 0.6) is 0 Å². The molecule has 1 aromatic rings. The Labute approximate surface area is 58.0 Å². The van der Waals surface area contributed by atoms with Gasteiger partial charge in [-0.15, -0.1) is 0 Å². The monoisotopic (exact) mass is 133 g/mol. The summed E-state index contributed by atoms with van der Waals surface area (Å²) in [5, 5.41) is 16.8. The van der Waals surface area contributed by atoms with Crippen LogP contribution in [0, 0.1) is 22.7 Å². The Morgan fingerprint density at radius 1 is 1.40 bits per heavy atom. The number of hydrogen-bond acceptors (Lipinski definition) is 2. The fourth-order valence-corrected chi connectivity index (χ4v) is 0.624. The maximum atomic E-state index is 8.39. The predicted molar refractivity (Wildman–Crippen MR) is 31.3 cm³/mol. The summed E-state index contributed by atoms with van der Waals surface area (Å²) in [6, 6.07) is 2.96. The van der Waals surface area contributed by atoms with Crippen molar-refractivity contribution < 1.29 is 4.57 Å². The molecule has 0 aliphatic rings. The lowest BCUT2D eigenvalue weighted by Gasteiger charge is -1.89. The summed E-state index contributed by atoms with van der Waals surface area (Å²) >= 11 is 0. The van der Waals surface area contributed by atoms with Crippen molar-refractivity contribution in [1.29, 1.82) is 10.5 Å². The molecular weight excluding hydrogens is 128 g/mol. The maximum Gasteiger partial charge on any atom is 0.272 e. The Bertz CT molecular complexity index is 260. The van der Waals surface area contributed by atoms with Crippen LogP contribution in [-0.4, -0.2) is 4.98 Å². The number of nitrogens with one attached hydrogen (secondary N) is 1. The van der Waals surface area contributed by atoms with E-state index in [1.807, 2.05) is 12.1 Å². The zero-order chi connectivity index (χ0) is 7.40. The van der Waals surface area contributed by atoms with Gasteiger partial charge in [0.1, 0.15) is 24.5 Å². The van der Waals surface area contributed by atoms with Gasteiger partial charge in [-0.2, -0.15) is 10.5 Å². The largest absolute Gasteiger partial charge is 0.272 e. The second-order valence-corrected chi connectivity index (χ2v) is 1.72. The van der Waals surface area contributed by atoms with Gasteiger partial charge < -0.3 is 0 Å². The second kappa shape index (κ2) is 2.65. The van der Waals surface area contributed by atoms with E-state index in [0.717, 1.165) is 0 Å². The van der Waals surface area contributed by atoms with Crippen molar-refractivity contribution in [2.75, 3.05) is 0 Å². The predicted octanol–water partition coefficient (Wildman–Crippen LogP) is -0.110. The van der Waals surface area contributed by atoms with E-state index in [9.17, 15) is 0 Å². The van der Waals surface area contributed by atoms with Gasteiger partial charge in [0.2, 0.25) is 6.33 Å². The van der Waals surface area contributed by atoms with Crippen LogP contribution in [0.1, 0.15) is 6.04 Å². The van der Waals surface area contributed by atoms with Crippen molar-refractivity contribution in [3.63, 3.8) is 0 Å². The molecule has 0 bridgehead atoms. The lowest BCUT2D eigenvalue weighted by atomic mass is 10.4. The first-order valence-electron chi connectivity index (χ1n) is 2.71. The molecule has 1 heterocycles. The molecule has 0 saturated heterocycles. The summed E-state index contributed by atoms with van der Waals surface area (Å²) < 4.78 is 1.50. The van der Waals surface area contributed by atoms with Crippen molar-refractivity contribution in [2.24, 2.45) is 0 Å². The fraction of sp³-hybridized carbons (Fsp3) is 0.167. The molecule has 0 spiro atoms. The molecule has 0 radical (unpaired) electrons. The third-order valence-electron chi connectivity index (χ3n) is 1.11. The molecule has 4 heteroatoms. The maximum absolute atomic E-state index is 8.39. The molecule has 0 aromatic carbocycles. The van der Waals surface area contributed by atoms with Gasteiger partial charge in [-0.05, 0) is 0 Å². The van der Waals surface area contributed by atoms with E-state index in [2.05, 4.69) is 4.98 Å². The molecule has 1 N–H and O–H groups in total. The molecule has 0 aliphatic carbocycles. The minimum absolute atomic E-state index is 0.716. The SMILES string of the molecule is N#CC(C#N)[n+]1cc[nH]c1. The van der Waals surface area contributed by atoms with E-state index >= 15 is 0 Å². The van der Waals surface area contributed by atoms with Crippen molar-refractivity contribution in [2.45, 2.75) is 6.04 Å². The summed E-state index contributed by atoms with van der Waals surface area (Å²) in [6.45, 7) is 0. The average Bonchev–Trinajstić information content (AvgIpc) is 2.43. The first-order chi connectivity index (χ1) is 4.88. The quantitative estimate of drug-likeness (QED) is 0.543. The second-order valence-electron chi connectivity index (χ2n) is 1.72. The average molecular weight is 133 g/mol. The molecule has 10 heavy (non-hydrogen) atoms. The van der Waals surface area contributed by atoms with Gasteiger partial charge in [-0.25, -0.2) is 4.57 Å². The van der Waals surface area contributed by atoms with Crippen LogP contribution < -0.4 is 4.57 Å². The summed E-state index contributed by atoms with van der Waals surface area (Å²) in [5.41, 5.74) is 0. The van der Waals surface area contributed by atoms with E-state index in [0.29, 0.717) is 0 Å². The molecule has 1 aromatic heterocycles. The molecule has 0 unspecified atom stereocenters. The van der Waals surface area contributed by atoms with Crippen molar-refractivity contribution in [3.05, 3.63) is 18.7 Å². The summed E-state index contributed by atoms with van der Waals surface area (Å²) in [4.78, 5) is 2.74. The highest BCUT2D eigenvalue weighted by Gasteiger charge is 2.10. The Hall–Kier alpha value is -1.81. The number of nitriles is 2. The molecule has 4 nitrogen and oxygen atoms in total. The zero-order valence-electron chi connectivity index (χ0n) is 5.15. The zero-order valence-corrected chi connectivity index (χ0v) is 5.15. The molecule has 48 valence electrons. The number of imidazole rings is 1. The lowest BCUT2D eigenvalue weighted by Crippen LogP contribution is -2.34. The van der Waals surface area contributed by atoms with Gasteiger partial charge in [0.05, 0.1) is 0 Å². The molecule has 0 amide bonds. The van der Waals surface area contributed by atoms with Crippen LogP contribution in [0.15, 0.2) is 18.7 Å². The Morgan fingerprint density at radius 3 is 2.50 bits per heavy atom. The van der Waals surface area contributed by atoms with Gasteiger partial charge in [0.15, 0.2) is 0 Å². The van der Waals surface area contributed by atoms with E-state index in [-0.39, 0.29) is 0 Å². The van der Waals surface area contributed by atoms with E-state index in [1.165, 1.54) is 4.57 Å². The minimum Gasteiger partial charge on any atom is -0.250 e. The van der Waals surface area contributed by atoms with Gasteiger partial charge in [0.25, 0.3) is 6.04 Å². The number of nitrogens with zero attached hydrogens (tertiary/aromatic N) is 3. The van der Waals surface area contributed by atoms with Gasteiger partial charge in [0, 0.05) is 0 Å². The number of aromatic amines is 1. The summed E-state index contributed by atoms with van der Waals surface area (Å²) in [7, 11) is 0. The fourth-order valence-electron chi connectivity index (χ4n) is 0.624. The van der Waals surface area contributed by atoms with Crippen LogP contribution in [0.25, 0.3) is 0 Å².